The van der Waals surface area contributed by atoms with Crippen LogP contribution in [-0.4, -0.2) is 64.0 Å². The van der Waals surface area contributed by atoms with Gasteiger partial charge < -0.3 is 9.64 Å². The van der Waals surface area contributed by atoms with Gasteiger partial charge in [-0.05, 0) is 17.7 Å². The Labute approximate surface area is 133 Å². The van der Waals surface area contributed by atoms with Gasteiger partial charge in [-0.1, -0.05) is 19.1 Å². The molecular formula is C15H25N3O3S. The van der Waals surface area contributed by atoms with Crippen molar-refractivity contribution >= 4 is 15.9 Å². The molecule has 0 saturated carbocycles. The molecule has 1 fully saturated rings. The van der Waals surface area contributed by atoms with E-state index in [2.05, 4.69) is 0 Å². The topological polar surface area (TPSA) is 53.1 Å². The molecule has 124 valence electrons. The van der Waals surface area contributed by atoms with E-state index in [-0.39, 0.29) is 0 Å². The third-order valence-corrected chi connectivity index (χ3v) is 5.84. The molecule has 6 nitrogen and oxygen atoms in total. The Hall–Kier alpha value is -1.15. The highest BCUT2D eigenvalue weighted by Crippen LogP contribution is 2.17. The first kappa shape index (κ1) is 17.2. The van der Waals surface area contributed by atoms with Crippen molar-refractivity contribution in [3.05, 3.63) is 29.8 Å². The average molecular weight is 327 g/mol. The van der Waals surface area contributed by atoms with Gasteiger partial charge in [0.25, 0.3) is 10.2 Å². The lowest BCUT2D eigenvalue weighted by Crippen LogP contribution is -2.48. The summed E-state index contributed by atoms with van der Waals surface area (Å²) in [7, 11) is 0.542. The molecule has 0 radical (unpaired) electrons. The molecule has 1 aliphatic heterocycles. The van der Waals surface area contributed by atoms with Gasteiger partial charge in [-0.15, -0.1) is 0 Å². The lowest BCUT2D eigenvalue weighted by Gasteiger charge is -2.31. The quantitative estimate of drug-likeness (QED) is 0.786. The van der Waals surface area contributed by atoms with E-state index in [9.17, 15) is 8.42 Å². The summed E-state index contributed by atoms with van der Waals surface area (Å²) in [6, 6.07) is 7.97. The highest BCUT2D eigenvalue weighted by atomic mass is 32.2. The molecule has 0 spiro atoms. The lowest BCUT2D eigenvalue weighted by molar-refractivity contribution is 0.0701. The van der Waals surface area contributed by atoms with E-state index in [4.69, 9.17) is 4.74 Å². The number of nitrogens with zero attached hydrogens (tertiary/aromatic N) is 3. The Morgan fingerprint density at radius 2 is 1.73 bits per heavy atom. The summed E-state index contributed by atoms with van der Waals surface area (Å²) in [5.74, 6) is 0. The van der Waals surface area contributed by atoms with Crippen LogP contribution in [0, 0.1) is 0 Å². The Balaban J connectivity index is 2.10. The minimum Gasteiger partial charge on any atom is -0.379 e. The number of hydrogen-bond donors (Lipinski definition) is 0. The van der Waals surface area contributed by atoms with Gasteiger partial charge in [-0.25, -0.2) is 0 Å². The molecule has 2 rings (SSSR count). The summed E-state index contributed by atoms with van der Waals surface area (Å²) < 4.78 is 33.6. The van der Waals surface area contributed by atoms with Crippen LogP contribution in [0.3, 0.4) is 0 Å². The number of morpholine rings is 1. The maximum absolute atomic E-state index is 12.7. The number of benzene rings is 1. The molecular weight excluding hydrogens is 302 g/mol. The van der Waals surface area contributed by atoms with Gasteiger partial charge in [0.05, 0.1) is 13.2 Å². The van der Waals surface area contributed by atoms with Crippen LogP contribution in [0.4, 0.5) is 5.69 Å². The van der Waals surface area contributed by atoms with Gasteiger partial charge in [0.2, 0.25) is 0 Å². The molecule has 7 heteroatoms. The monoisotopic (exact) mass is 327 g/mol. The van der Waals surface area contributed by atoms with E-state index in [0.29, 0.717) is 39.4 Å². The van der Waals surface area contributed by atoms with E-state index in [0.717, 1.165) is 11.3 Å². The zero-order valence-electron chi connectivity index (χ0n) is 13.5. The number of rotatable bonds is 6. The van der Waals surface area contributed by atoms with Crippen LogP contribution in [0.2, 0.25) is 0 Å². The second-order valence-corrected chi connectivity index (χ2v) is 7.43. The Morgan fingerprint density at radius 1 is 1.14 bits per heavy atom. The van der Waals surface area contributed by atoms with Crippen molar-refractivity contribution in [2.75, 3.05) is 51.8 Å². The van der Waals surface area contributed by atoms with Gasteiger partial charge in [0.15, 0.2) is 0 Å². The average Bonchev–Trinajstić information content (AvgIpc) is 2.53. The van der Waals surface area contributed by atoms with E-state index in [1.54, 1.807) is 0 Å². The fourth-order valence-electron chi connectivity index (χ4n) is 2.40. The summed E-state index contributed by atoms with van der Waals surface area (Å²) in [4.78, 5) is 2.02. The van der Waals surface area contributed by atoms with Gasteiger partial charge in [0, 0.05) is 46.0 Å². The highest BCUT2D eigenvalue weighted by Gasteiger charge is 2.29. The van der Waals surface area contributed by atoms with Crippen LogP contribution >= 0.6 is 0 Å². The first-order valence-corrected chi connectivity index (χ1v) is 8.94. The third-order valence-electron chi connectivity index (χ3n) is 3.79. The minimum atomic E-state index is -3.42. The molecule has 1 saturated heterocycles. The fourth-order valence-corrected chi connectivity index (χ4v) is 3.98. The molecule has 0 amide bonds. The third kappa shape index (κ3) is 3.98. The normalized spacial score (nSPS) is 16.9. The van der Waals surface area contributed by atoms with Crippen molar-refractivity contribution in [2.24, 2.45) is 0 Å². The maximum Gasteiger partial charge on any atom is 0.282 e. The molecule has 0 aliphatic carbocycles. The molecule has 0 bridgehead atoms. The molecule has 1 aromatic carbocycles. The van der Waals surface area contributed by atoms with Crippen molar-refractivity contribution in [3.8, 4) is 0 Å². The number of hydrogen-bond acceptors (Lipinski definition) is 4. The van der Waals surface area contributed by atoms with Gasteiger partial charge in [-0.3, -0.25) is 0 Å². The van der Waals surface area contributed by atoms with Crippen molar-refractivity contribution in [1.29, 1.82) is 0 Å². The predicted octanol–water partition coefficient (Wildman–Crippen LogP) is 1.15. The van der Waals surface area contributed by atoms with E-state index in [1.807, 2.05) is 50.2 Å². The predicted molar refractivity (Wildman–Crippen MR) is 88.2 cm³/mol. The Kier molecular flexibility index (Phi) is 5.80. The zero-order valence-corrected chi connectivity index (χ0v) is 14.3. The highest BCUT2D eigenvalue weighted by molar-refractivity contribution is 7.86. The minimum absolute atomic E-state index is 0.393. The largest absolute Gasteiger partial charge is 0.379 e. The first-order chi connectivity index (χ1) is 10.4. The van der Waals surface area contributed by atoms with Crippen molar-refractivity contribution in [2.45, 2.75) is 13.5 Å². The van der Waals surface area contributed by atoms with E-state index in [1.165, 1.54) is 8.61 Å². The van der Waals surface area contributed by atoms with Crippen LogP contribution in [0.25, 0.3) is 0 Å². The smallest absolute Gasteiger partial charge is 0.282 e. The second kappa shape index (κ2) is 7.41. The van der Waals surface area contributed by atoms with Crippen LogP contribution in [0.5, 0.6) is 0 Å². The SMILES string of the molecule is CCN(Cc1ccc(N(C)C)cc1)S(=O)(=O)N1CCOCC1. The molecule has 0 aromatic heterocycles. The fraction of sp³-hybridized carbons (Fsp3) is 0.600. The molecule has 0 unspecified atom stereocenters. The van der Waals surface area contributed by atoms with Crippen LogP contribution in [0.15, 0.2) is 24.3 Å². The summed E-state index contributed by atoms with van der Waals surface area (Å²) in [5, 5.41) is 0. The van der Waals surface area contributed by atoms with E-state index >= 15 is 0 Å². The molecule has 22 heavy (non-hydrogen) atoms. The van der Waals surface area contributed by atoms with Crippen LogP contribution in [-0.2, 0) is 21.5 Å². The Bertz CT molecular complexity index is 566. The summed E-state index contributed by atoms with van der Waals surface area (Å²) in [5.41, 5.74) is 2.09. The van der Waals surface area contributed by atoms with Crippen molar-refractivity contribution in [1.82, 2.24) is 8.61 Å². The van der Waals surface area contributed by atoms with Crippen molar-refractivity contribution < 1.29 is 13.2 Å². The number of anilines is 1. The lowest BCUT2D eigenvalue weighted by atomic mass is 10.2. The van der Waals surface area contributed by atoms with Gasteiger partial charge in [-0.2, -0.15) is 17.0 Å². The summed E-state index contributed by atoms with van der Waals surface area (Å²) in [6.07, 6.45) is 0. The first-order valence-electron chi connectivity index (χ1n) is 7.54. The van der Waals surface area contributed by atoms with Crippen LogP contribution < -0.4 is 4.90 Å². The zero-order chi connectivity index (χ0) is 16.2. The summed E-state index contributed by atoms with van der Waals surface area (Å²) in [6.45, 7) is 4.50. The molecule has 1 heterocycles. The second-order valence-electron chi connectivity index (χ2n) is 5.51. The van der Waals surface area contributed by atoms with Crippen molar-refractivity contribution in [3.63, 3.8) is 0 Å². The van der Waals surface area contributed by atoms with Crippen LogP contribution in [0.1, 0.15) is 12.5 Å². The molecule has 1 aromatic rings. The van der Waals surface area contributed by atoms with Gasteiger partial charge in [0.1, 0.15) is 0 Å². The maximum atomic E-state index is 12.7. The van der Waals surface area contributed by atoms with Gasteiger partial charge >= 0.3 is 0 Å². The molecule has 1 aliphatic rings. The number of ether oxygens (including phenoxy) is 1. The standard InChI is InChI=1S/C15H25N3O3S/c1-4-17(22(19,20)18-9-11-21-12-10-18)13-14-5-7-15(8-6-14)16(2)3/h5-8H,4,9-13H2,1-3H3. The summed E-state index contributed by atoms with van der Waals surface area (Å²) >= 11 is 0. The molecule has 0 atom stereocenters. The molecule has 0 N–H and O–H groups in total. The Morgan fingerprint density at radius 3 is 2.23 bits per heavy atom. The van der Waals surface area contributed by atoms with E-state index < -0.39 is 10.2 Å².